The largest absolute Gasteiger partial charge is 0.479 e. The van der Waals surface area contributed by atoms with Gasteiger partial charge < -0.3 is 14.8 Å². The van der Waals surface area contributed by atoms with E-state index in [9.17, 15) is 14.4 Å². The smallest absolute Gasteiger partial charge is 0.349 e. The van der Waals surface area contributed by atoms with Crippen LogP contribution in [0.4, 0.5) is 0 Å². The first-order valence-corrected chi connectivity index (χ1v) is 8.63. The van der Waals surface area contributed by atoms with Gasteiger partial charge in [-0.1, -0.05) is 12.1 Å². The molecule has 0 spiro atoms. The fourth-order valence-electron chi connectivity index (χ4n) is 2.32. The molecule has 1 heterocycles. The number of nitrogens with zero attached hydrogens (tertiary/aromatic N) is 2. The first kappa shape index (κ1) is 18.6. The summed E-state index contributed by atoms with van der Waals surface area (Å²) in [4.78, 5) is 38.0. The van der Waals surface area contributed by atoms with Crippen LogP contribution in [0.15, 0.2) is 61.6 Å². The molecule has 0 saturated carbocycles. The number of carboxylic acid groups (broad SMARTS) is 1. The maximum absolute atomic E-state index is 12.4. The van der Waals surface area contributed by atoms with Crippen LogP contribution < -0.4 is 16.0 Å². The van der Waals surface area contributed by atoms with Crippen LogP contribution in [0.3, 0.4) is 0 Å². The van der Waals surface area contributed by atoms with E-state index in [0.29, 0.717) is 26.7 Å². The highest BCUT2D eigenvalue weighted by Crippen LogP contribution is 2.26. The molecule has 8 nitrogen and oxygen atoms in total. The van der Waals surface area contributed by atoms with E-state index in [2.05, 4.69) is 26.0 Å². The monoisotopic (exact) mass is 431 g/mol. The van der Waals surface area contributed by atoms with Gasteiger partial charge in [0.05, 0.1) is 21.6 Å². The topological polar surface area (TPSA) is 114 Å². The molecule has 1 atom stereocenters. The summed E-state index contributed by atoms with van der Waals surface area (Å²) in [7, 11) is 0. The number of fused-ring (bicyclic) bond motifs is 1. The van der Waals surface area contributed by atoms with Gasteiger partial charge in [0.15, 0.2) is 6.10 Å². The number of carboxylic acids is 1. The summed E-state index contributed by atoms with van der Waals surface area (Å²) < 4.78 is 6.57. The van der Waals surface area contributed by atoms with E-state index in [0.717, 1.165) is 4.68 Å². The molecule has 9 heteroatoms. The molecule has 0 saturated heterocycles. The molecule has 0 aliphatic carbocycles. The third kappa shape index (κ3) is 3.98. The van der Waals surface area contributed by atoms with Gasteiger partial charge >= 0.3 is 11.7 Å². The predicted octanol–water partition coefficient (Wildman–Crippen LogP) is 2.19. The lowest BCUT2D eigenvalue weighted by molar-refractivity contribution is -0.144. The van der Waals surface area contributed by atoms with Gasteiger partial charge in [0.1, 0.15) is 5.75 Å². The summed E-state index contributed by atoms with van der Waals surface area (Å²) in [6.07, 6.45) is 0.344. The fourth-order valence-corrected chi connectivity index (χ4v) is 2.81. The third-order valence-corrected chi connectivity index (χ3v) is 4.33. The lowest BCUT2D eigenvalue weighted by atomic mass is 10.2. The van der Waals surface area contributed by atoms with Gasteiger partial charge in [0, 0.05) is 0 Å². The second kappa shape index (κ2) is 7.58. The zero-order chi connectivity index (χ0) is 19.6. The first-order valence-electron chi connectivity index (χ1n) is 7.84. The molecule has 2 aromatic carbocycles. The quantitative estimate of drug-likeness (QED) is 0.600. The summed E-state index contributed by atoms with van der Waals surface area (Å²) in [6, 6.07) is 11.5. The van der Waals surface area contributed by atoms with Crippen molar-refractivity contribution < 1.29 is 14.6 Å². The van der Waals surface area contributed by atoms with E-state index in [4.69, 9.17) is 9.84 Å². The Morgan fingerprint density at radius 2 is 2.04 bits per heavy atom. The lowest BCUT2D eigenvalue weighted by Crippen LogP contribution is -2.32. The fraction of sp³-hybridized carbons (Fsp3) is 0.111. The van der Waals surface area contributed by atoms with Gasteiger partial charge in [-0.25, -0.2) is 9.59 Å². The normalized spacial score (nSPS) is 12.4. The number of ether oxygens (including phenoxy) is 1. The van der Waals surface area contributed by atoms with Crippen LogP contribution in [-0.4, -0.2) is 33.1 Å². The zero-order valence-electron chi connectivity index (χ0n) is 14.0. The number of aromatic amines is 1. The summed E-state index contributed by atoms with van der Waals surface area (Å²) >= 11 is 3.30. The Bertz CT molecular complexity index is 1170. The molecule has 0 aliphatic heterocycles. The number of hydrogen-bond donors (Lipinski definition) is 2. The minimum atomic E-state index is -1.08. The van der Waals surface area contributed by atoms with Crippen molar-refractivity contribution >= 4 is 39.0 Å². The third-order valence-electron chi connectivity index (χ3n) is 3.71. The van der Waals surface area contributed by atoms with Crippen LogP contribution >= 0.6 is 15.9 Å². The Morgan fingerprint density at radius 1 is 1.30 bits per heavy atom. The van der Waals surface area contributed by atoms with Crippen LogP contribution in [0.1, 0.15) is 12.5 Å². The van der Waals surface area contributed by atoms with Gasteiger partial charge in [-0.2, -0.15) is 5.10 Å². The van der Waals surface area contributed by atoms with Crippen LogP contribution in [0, 0.1) is 0 Å². The molecule has 3 aromatic rings. The molecule has 3 rings (SSSR count). The Balaban J connectivity index is 1.92. The van der Waals surface area contributed by atoms with Gasteiger partial charge in [0.2, 0.25) is 0 Å². The minimum absolute atomic E-state index is 0.349. The number of carbonyl (C=O) groups is 1. The van der Waals surface area contributed by atoms with Crippen molar-refractivity contribution in [2.24, 2.45) is 5.10 Å². The summed E-state index contributed by atoms with van der Waals surface area (Å²) in [5.74, 6) is -0.731. The highest BCUT2D eigenvalue weighted by Gasteiger charge is 2.14. The second-order valence-corrected chi connectivity index (χ2v) is 6.48. The van der Waals surface area contributed by atoms with E-state index in [1.54, 1.807) is 42.5 Å². The molecule has 138 valence electrons. The minimum Gasteiger partial charge on any atom is -0.479 e. The van der Waals surface area contributed by atoms with Gasteiger partial charge in [-0.05, 0) is 58.7 Å². The van der Waals surface area contributed by atoms with Crippen LogP contribution in [0.5, 0.6) is 5.75 Å². The molecule has 0 unspecified atom stereocenters. The van der Waals surface area contributed by atoms with Crippen LogP contribution in [0.25, 0.3) is 10.9 Å². The van der Waals surface area contributed by atoms with E-state index >= 15 is 0 Å². The molecule has 2 N–H and O–H groups in total. The average molecular weight is 432 g/mol. The Hall–Kier alpha value is -3.20. The highest BCUT2D eigenvalue weighted by molar-refractivity contribution is 9.10. The van der Waals surface area contributed by atoms with Crippen molar-refractivity contribution in [3.63, 3.8) is 0 Å². The van der Waals surface area contributed by atoms with Crippen molar-refractivity contribution in [3.05, 3.63) is 73.3 Å². The van der Waals surface area contributed by atoms with Gasteiger partial charge in [-0.15, -0.1) is 4.68 Å². The maximum atomic E-state index is 12.4. The number of benzene rings is 2. The number of aliphatic carboxylic acids is 1. The number of rotatable bonds is 5. The predicted molar refractivity (Wildman–Crippen MR) is 104 cm³/mol. The summed E-state index contributed by atoms with van der Waals surface area (Å²) in [6.45, 7) is 1.42. The molecule has 0 fully saturated rings. The molecule has 0 amide bonds. The van der Waals surface area contributed by atoms with Crippen molar-refractivity contribution in [2.45, 2.75) is 13.0 Å². The number of nitrogens with one attached hydrogen (secondary N) is 1. The maximum Gasteiger partial charge on any atom is 0.349 e. The van der Waals surface area contributed by atoms with Crippen molar-refractivity contribution in [1.29, 1.82) is 0 Å². The van der Waals surface area contributed by atoms with Crippen LogP contribution in [0.2, 0.25) is 0 Å². The SMILES string of the molecule is C[C@H](Oc1ccc(C=Nn2c(=O)[nH]c3ccccc3c2=O)cc1Br)C(=O)O. The first-order chi connectivity index (χ1) is 12.9. The molecule has 0 bridgehead atoms. The number of para-hydroxylation sites is 1. The molecule has 27 heavy (non-hydrogen) atoms. The Morgan fingerprint density at radius 3 is 2.74 bits per heavy atom. The van der Waals surface area contributed by atoms with E-state index in [1.165, 1.54) is 13.1 Å². The lowest BCUT2D eigenvalue weighted by Gasteiger charge is -2.12. The average Bonchev–Trinajstić information content (AvgIpc) is 2.63. The van der Waals surface area contributed by atoms with Crippen molar-refractivity contribution in [2.75, 3.05) is 0 Å². The highest BCUT2D eigenvalue weighted by atomic mass is 79.9. The van der Waals surface area contributed by atoms with Crippen LogP contribution in [-0.2, 0) is 4.79 Å². The zero-order valence-corrected chi connectivity index (χ0v) is 15.6. The standard InChI is InChI=1S/C18H14BrN3O5/c1-10(17(24)25)27-15-7-6-11(8-13(15)19)9-20-22-16(23)12-4-2-3-5-14(12)21-18(22)26/h2-10H,1H3,(H,21,26)(H,24,25)/t10-/m0/s1. The number of halogens is 1. The number of aromatic nitrogens is 2. The molecule has 1 aromatic heterocycles. The summed E-state index contributed by atoms with van der Waals surface area (Å²) in [5.41, 5.74) is -0.156. The Kier molecular flexibility index (Phi) is 5.22. The number of H-pyrrole nitrogens is 1. The second-order valence-electron chi connectivity index (χ2n) is 5.63. The molecular formula is C18H14BrN3O5. The number of hydrogen-bond acceptors (Lipinski definition) is 5. The molecule has 0 aliphatic rings. The summed E-state index contributed by atoms with van der Waals surface area (Å²) in [5, 5.41) is 13.2. The van der Waals surface area contributed by atoms with E-state index in [-0.39, 0.29) is 0 Å². The molecule has 0 radical (unpaired) electrons. The van der Waals surface area contributed by atoms with E-state index in [1.807, 2.05) is 0 Å². The van der Waals surface area contributed by atoms with Gasteiger partial charge in [0.25, 0.3) is 5.56 Å². The van der Waals surface area contributed by atoms with Crippen molar-refractivity contribution in [3.8, 4) is 5.75 Å². The molecular weight excluding hydrogens is 418 g/mol. The van der Waals surface area contributed by atoms with Gasteiger partial charge in [-0.3, -0.25) is 4.79 Å². The Labute approximate surface area is 160 Å². The van der Waals surface area contributed by atoms with Crippen molar-refractivity contribution in [1.82, 2.24) is 9.66 Å². The van der Waals surface area contributed by atoms with E-state index < -0.39 is 23.3 Å².